The summed E-state index contributed by atoms with van der Waals surface area (Å²) in [5, 5.41) is 0. The van der Waals surface area contributed by atoms with Gasteiger partial charge in [-0.25, -0.2) is 0 Å². The maximum atomic E-state index is 5.74. The zero-order valence-electron chi connectivity index (χ0n) is 10.8. The van der Waals surface area contributed by atoms with Crippen LogP contribution < -0.4 is 5.73 Å². The van der Waals surface area contributed by atoms with E-state index in [9.17, 15) is 0 Å². The van der Waals surface area contributed by atoms with Crippen LogP contribution in [0.2, 0.25) is 0 Å². The van der Waals surface area contributed by atoms with Crippen LogP contribution in [0.15, 0.2) is 0 Å². The van der Waals surface area contributed by atoms with E-state index in [0.29, 0.717) is 0 Å². The predicted molar refractivity (Wildman–Crippen MR) is 69.3 cm³/mol. The summed E-state index contributed by atoms with van der Waals surface area (Å²) in [7, 11) is 0. The first-order valence-corrected chi connectivity index (χ1v) is 7.20. The van der Waals surface area contributed by atoms with Crippen molar-refractivity contribution in [2.45, 2.75) is 45.4 Å². The highest BCUT2D eigenvalue weighted by Crippen LogP contribution is 2.29. The summed E-state index contributed by atoms with van der Waals surface area (Å²) < 4.78 is 0. The van der Waals surface area contributed by atoms with E-state index in [2.05, 4.69) is 11.8 Å². The quantitative estimate of drug-likeness (QED) is 0.798. The first kappa shape index (κ1) is 12.4. The molecule has 0 bridgehead atoms. The molecular formula is C14H28N2. The second-order valence-corrected chi connectivity index (χ2v) is 6.13. The fourth-order valence-electron chi connectivity index (χ4n) is 3.47. The molecule has 0 aromatic carbocycles. The van der Waals surface area contributed by atoms with Crippen LogP contribution in [0, 0.1) is 17.8 Å². The minimum atomic E-state index is 0.830. The summed E-state index contributed by atoms with van der Waals surface area (Å²) in [4.78, 5) is 2.71. The normalized spacial score (nSPS) is 37.5. The Hall–Kier alpha value is -0.0800. The number of piperidine rings is 1. The van der Waals surface area contributed by atoms with Gasteiger partial charge < -0.3 is 10.6 Å². The largest absolute Gasteiger partial charge is 0.330 e. The molecule has 1 aliphatic heterocycles. The lowest BCUT2D eigenvalue weighted by Crippen LogP contribution is -2.38. The molecule has 16 heavy (non-hydrogen) atoms. The van der Waals surface area contributed by atoms with Crippen LogP contribution in [0.4, 0.5) is 0 Å². The summed E-state index contributed by atoms with van der Waals surface area (Å²) in [6, 6.07) is 0. The summed E-state index contributed by atoms with van der Waals surface area (Å²) in [6.45, 7) is 7.37. The minimum absolute atomic E-state index is 0.830. The van der Waals surface area contributed by atoms with Crippen molar-refractivity contribution in [1.82, 2.24) is 4.90 Å². The maximum Gasteiger partial charge on any atom is 0.000977 e. The van der Waals surface area contributed by atoms with Gasteiger partial charge in [-0.1, -0.05) is 6.92 Å². The van der Waals surface area contributed by atoms with Crippen molar-refractivity contribution in [3.63, 3.8) is 0 Å². The van der Waals surface area contributed by atoms with Gasteiger partial charge in [0.05, 0.1) is 0 Å². The molecule has 1 saturated heterocycles. The van der Waals surface area contributed by atoms with E-state index in [4.69, 9.17) is 5.73 Å². The van der Waals surface area contributed by atoms with Gasteiger partial charge in [0.25, 0.3) is 0 Å². The fourth-order valence-corrected chi connectivity index (χ4v) is 3.47. The summed E-state index contributed by atoms with van der Waals surface area (Å²) >= 11 is 0. The Kier molecular flexibility index (Phi) is 4.66. The number of hydrogen-bond donors (Lipinski definition) is 1. The van der Waals surface area contributed by atoms with Crippen molar-refractivity contribution in [1.29, 1.82) is 0 Å². The molecule has 0 spiro atoms. The lowest BCUT2D eigenvalue weighted by molar-refractivity contribution is 0.135. The molecule has 2 heteroatoms. The van der Waals surface area contributed by atoms with E-state index in [1.165, 1.54) is 58.2 Å². The molecule has 1 heterocycles. The van der Waals surface area contributed by atoms with Crippen LogP contribution >= 0.6 is 0 Å². The summed E-state index contributed by atoms with van der Waals surface area (Å²) in [5.74, 6) is 2.72. The summed E-state index contributed by atoms with van der Waals surface area (Å²) in [5.41, 5.74) is 5.74. The van der Waals surface area contributed by atoms with Crippen LogP contribution in [0.25, 0.3) is 0 Å². The zero-order valence-corrected chi connectivity index (χ0v) is 10.8. The number of nitrogens with zero attached hydrogens (tertiary/aromatic N) is 1. The molecule has 0 aromatic heterocycles. The first-order valence-electron chi connectivity index (χ1n) is 7.20. The third-order valence-electron chi connectivity index (χ3n) is 4.56. The number of rotatable bonds is 3. The van der Waals surface area contributed by atoms with Gasteiger partial charge in [-0.3, -0.25) is 0 Å². The van der Waals surface area contributed by atoms with E-state index in [-0.39, 0.29) is 0 Å². The molecule has 1 unspecified atom stereocenters. The van der Waals surface area contributed by atoms with Crippen molar-refractivity contribution in [2.24, 2.45) is 23.5 Å². The Bertz CT molecular complexity index is 197. The van der Waals surface area contributed by atoms with E-state index in [1.807, 2.05) is 0 Å². The lowest BCUT2D eigenvalue weighted by Gasteiger charge is -2.36. The van der Waals surface area contributed by atoms with Gasteiger partial charge in [-0.15, -0.1) is 0 Å². The molecule has 1 saturated carbocycles. The Morgan fingerprint density at radius 3 is 2.38 bits per heavy atom. The van der Waals surface area contributed by atoms with Crippen molar-refractivity contribution in [3.05, 3.63) is 0 Å². The molecule has 1 atom stereocenters. The average Bonchev–Trinajstić information content (AvgIpc) is 2.30. The summed E-state index contributed by atoms with van der Waals surface area (Å²) in [6.07, 6.45) is 8.46. The first-order chi connectivity index (χ1) is 7.78. The van der Waals surface area contributed by atoms with Crippen LogP contribution in [0.1, 0.15) is 45.4 Å². The third kappa shape index (κ3) is 3.46. The zero-order chi connectivity index (χ0) is 11.4. The molecule has 2 rings (SSSR count). The van der Waals surface area contributed by atoms with E-state index in [0.717, 1.165) is 24.3 Å². The minimum Gasteiger partial charge on any atom is -0.330 e. The van der Waals surface area contributed by atoms with E-state index < -0.39 is 0 Å². The molecule has 1 aliphatic carbocycles. The molecule has 0 aromatic rings. The molecule has 2 N–H and O–H groups in total. The molecular weight excluding hydrogens is 196 g/mol. The van der Waals surface area contributed by atoms with Gasteiger partial charge >= 0.3 is 0 Å². The van der Waals surface area contributed by atoms with Gasteiger partial charge in [0, 0.05) is 13.1 Å². The van der Waals surface area contributed by atoms with Gasteiger partial charge in [0.1, 0.15) is 0 Å². The van der Waals surface area contributed by atoms with Crippen molar-refractivity contribution >= 4 is 0 Å². The monoisotopic (exact) mass is 224 g/mol. The predicted octanol–water partition coefficient (Wildman–Crippen LogP) is 2.48. The number of likely N-dealkylation sites (tertiary alicyclic amines) is 1. The number of hydrogen-bond acceptors (Lipinski definition) is 2. The van der Waals surface area contributed by atoms with Gasteiger partial charge in [-0.05, 0) is 69.4 Å². The second-order valence-electron chi connectivity index (χ2n) is 6.13. The van der Waals surface area contributed by atoms with Gasteiger partial charge in [-0.2, -0.15) is 0 Å². The standard InChI is InChI=1S/C14H28N2/c1-12-3-2-8-16(10-12)11-14-6-4-13(9-15)5-7-14/h12-14H,2-11,15H2,1H3. The van der Waals surface area contributed by atoms with E-state index >= 15 is 0 Å². The number of nitrogens with two attached hydrogens (primary N) is 1. The molecule has 2 nitrogen and oxygen atoms in total. The molecule has 2 aliphatic rings. The average molecular weight is 224 g/mol. The highest BCUT2D eigenvalue weighted by molar-refractivity contribution is 4.78. The van der Waals surface area contributed by atoms with Crippen molar-refractivity contribution < 1.29 is 0 Å². The maximum absolute atomic E-state index is 5.74. The van der Waals surface area contributed by atoms with Gasteiger partial charge in [0.2, 0.25) is 0 Å². The topological polar surface area (TPSA) is 29.3 Å². The molecule has 0 radical (unpaired) electrons. The van der Waals surface area contributed by atoms with Crippen molar-refractivity contribution in [3.8, 4) is 0 Å². The van der Waals surface area contributed by atoms with Gasteiger partial charge in [0.15, 0.2) is 0 Å². The molecule has 0 amide bonds. The lowest BCUT2D eigenvalue weighted by atomic mass is 9.81. The Morgan fingerprint density at radius 2 is 1.75 bits per heavy atom. The Balaban J connectivity index is 1.69. The smallest absolute Gasteiger partial charge is 0.000977 e. The second kappa shape index (κ2) is 6.02. The Morgan fingerprint density at radius 1 is 1.06 bits per heavy atom. The highest BCUT2D eigenvalue weighted by atomic mass is 15.1. The third-order valence-corrected chi connectivity index (χ3v) is 4.56. The SMILES string of the molecule is CC1CCCN(CC2CCC(CN)CC2)C1. The van der Waals surface area contributed by atoms with Crippen LogP contribution in [0.3, 0.4) is 0 Å². The fraction of sp³-hybridized carbons (Fsp3) is 1.00. The van der Waals surface area contributed by atoms with Crippen molar-refractivity contribution in [2.75, 3.05) is 26.2 Å². The van der Waals surface area contributed by atoms with E-state index in [1.54, 1.807) is 0 Å². The molecule has 2 fully saturated rings. The van der Waals surface area contributed by atoms with Crippen LogP contribution in [-0.2, 0) is 0 Å². The molecule has 94 valence electrons. The van der Waals surface area contributed by atoms with Crippen LogP contribution in [0.5, 0.6) is 0 Å². The highest BCUT2D eigenvalue weighted by Gasteiger charge is 2.24. The Labute approximate surface area is 101 Å². The van der Waals surface area contributed by atoms with Crippen LogP contribution in [-0.4, -0.2) is 31.1 Å².